The third-order valence-corrected chi connectivity index (χ3v) is 3.55. The van der Waals surface area contributed by atoms with Crippen molar-refractivity contribution < 1.29 is 14.6 Å². The van der Waals surface area contributed by atoms with Gasteiger partial charge in [0.05, 0.1) is 13.0 Å². The van der Waals surface area contributed by atoms with Crippen LogP contribution in [0.15, 0.2) is 22.7 Å². The molecule has 0 heterocycles. The molecule has 0 spiro atoms. The van der Waals surface area contributed by atoms with Crippen molar-refractivity contribution in [3.63, 3.8) is 0 Å². The normalized spacial score (nSPS) is 23.6. The molecule has 0 unspecified atom stereocenters. The van der Waals surface area contributed by atoms with Crippen LogP contribution in [0, 0.1) is 5.92 Å². The Balaban J connectivity index is 2.11. The molecule has 0 aliphatic heterocycles. The van der Waals surface area contributed by atoms with Crippen LogP contribution in [0.3, 0.4) is 0 Å². The first-order valence-corrected chi connectivity index (χ1v) is 5.96. The summed E-state index contributed by atoms with van der Waals surface area (Å²) in [6, 6.07) is 5.91. The van der Waals surface area contributed by atoms with E-state index in [1.54, 1.807) is 7.11 Å². The number of aliphatic carboxylic acids is 1. The van der Waals surface area contributed by atoms with Crippen LogP contribution in [0.4, 0.5) is 0 Å². The Kier molecular flexibility index (Phi) is 3.19. The van der Waals surface area contributed by atoms with E-state index in [9.17, 15) is 4.79 Å². The van der Waals surface area contributed by atoms with Gasteiger partial charge in [-0.1, -0.05) is 15.9 Å². The average Bonchev–Trinajstić information content (AvgIpc) is 2.13. The fourth-order valence-corrected chi connectivity index (χ4v) is 2.52. The lowest BCUT2D eigenvalue weighted by Crippen LogP contribution is -2.28. The molecule has 16 heavy (non-hydrogen) atoms. The second kappa shape index (κ2) is 4.45. The SMILES string of the molecule is COc1cc(Br)cc(C2CC(C(=O)O)C2)c1. The highest BCUT2D eigenvalue weighted by molar-refractivity contribution is 9.10. The van der Waals surface area contributed by atoms with Gasteiger partial charge in [0.2, 0.25) is 0 Å². The fraction of sp³-hybridized carbons (Fsp3) is 0.417. The third kappa shape index (κ3) is 2.21. The Bertz CT molecular complexity index is 411. The summed E-state index contributed by atoms with van der Waals surface area (Å²) in [5, 5.41) is 8.82. The Morgan fingerprint density at radius 3 is 2.69 bits per heavy atom. The molecule has 0 amide bonds. The molecule has 0 radical (unpaired) electrons. The second-order valence-electron chi connectivity index (χ2n) is 4.13. The molecule has 2 rings (SSSR count). The molecule has 1 saturated carbocycles. The average molecular weight is 285 g/mol. The number of benzene rings is 1. The Morgan fingerprint density at radius 1 is 1.44 bits per heavy atom. The molecule has 0 bridgehead atoms. The summed E-state index contributed by atoms with van der Waals surface area (Å²) in [5.74, 6) is 0.309. The summed E-state index contributed by atoms with van der Waals surface area (Å²) < 4.78 is 6.16. The Morgan fingerprint density at radius 2 is 2.12 bits per heavy atom. The van der Waals surface area contributed by atoms with E-state index in [0.717, 1.165) is 28.6 Å². The third-order valence-electron chi connectivity index (χ3n) is 3.09. The van der Waals surface area contributed by atoms with Crippen molar-refractivity contribution >= 4 is 21.9 Å². The minimum atomic E-state index is -0.682. The Hall–Kier alpha value is -1.03. The summed E-state index contributed by atoms with van der Waals surface area (Å²) in [6.45, 7) is 0. The topological polar surface area (TPSA) is 46.5 Å². The van der Waals surface area contributed by atoms with E-state index >= 15 is 0 Å². The highest BCUT2D eigenvalue weighted by Gasteiger charge is 2.35. The van der Waals surface area contributed by atoms with Crippen LogP contribution in [-0.4, -0.2) is 18.2 Å². The van der Waals surface area contributed by atoms with Crippen LogP contribution >= 0.6 is 15.9 Å². The number of carboxylic acids is 1. The van der Waals surface area contributed by atoms with Crippen molar-refractivity contribution in [2.45, 2.75) is 18.8 Å². The van der Waals surface area contributed by atoms with Crippen LogP contribution in [0.2, 0.25) is 0 Å². The van der Waals surface area contributed by atoms with Crippen LogP contribution in [-0.2, 0) is 4.79 Å². The van der Waals surface area contributed by atoms with Gasteiger partial charge < -0.3 is 9.84 Å². The molecule has 1 aliphatic carbocycles. The number of carboxylic acid groups (broad SMARTS) is 1. The van der Waals surface area contributed by atoms with Gasteiger partial charge in [-0.3, -0.25) is 4.79 Å². The van der Waals surface area contributed by atoms with E-state index in [0.29, 0.717) is 5.92 Å². The minimum absolute atomic E-state index is 0.171. The van der Waals surface area contributed by atoms with Gasteiger partial charge in [-0.05, 0) is 42.5 Å². The Labute approximate surface area is 103 Å². The lowest BCUT2D eigenvalue weighted by atomic mass is 9.71. The first-order valence-electron chi connectivity index (χ1n) is 5.17. The van der Waals surface area contributed by atoms with E-state index in [-0.39, 0.29) is 5.92 Å². The van der Waals surface area contributed by atoms with Crippen LogP contribution in [0.1, 0.15) is 24.3 Å². The number of hydrogen-bond acceptors (Lipinski definition) is 2. The first kappa shape index (κ1) is 11.5. The smallest absolute Gasteiger partial charge is 0.306 e. The molecule has 86 valence electrons. The number of ether oxygens (including phenoxy) is 1. The van der Waals surface area contributed by atoms with Gasteiger partial charge in [0.25, 0.3) is 0 Å². The number of methoxy groups -OCH3 is 1. The van der Waals surface area contributed by atoms with Gasteiger partial charge in [0.1, 0.15) is 5.75 Å². The molecule has 3 nitrogen and oxygen atoms in total. The molecule has 4 heteroatoms. The van der Waals surface area contributed by atoms with Crippen molar-refractivity contribution in [1.29, 1.82) is 0 Å². The molecule has 1 N–H and O–H groups in total. The summed E-state index contributed by atoms with van der Waals surface area (Å²) in [7, 11) is 1.63. The van der Waals surface area contributed by atoms with E-state index in [1.807, 2.05) is 18.2 Å². The van der Waals surface area contributed by atoms with Crippen molar-refractivity contribution in [3.8, 4) is 5.75 Å². The quantitative estimate of drug-likeness (QED) is 0.928. The van der Waals surface area contributed by atoms with Crippen molar-refractivity contribution in [2.75, 3.05) is 7.11 Å². The second-order valence-corrected chi connectivity index (χ2v) is 5.04. The largest absolute Gasteiger partial charge is 0.497 e. The predicted molar refractivity (Wildman–Crippen MR) is 63.8 cm³/mol. The molecule has 1 aromatic rings. The van der Waals surface area contributed by atoms with E-state index in [4.69, 9.17) is 9.84 Å². The molecule has 1 aliphatic rings. The van der Waals surface area contributed by atoms with Gasteiger partial charge in [-0.15, -0.1) is 0 Å². The maximum Gasteiger partial charge on any atom is 0.306 e. The maximum atomic E-state index is 10.7. The maximum absolute atomic E-state index is 10.7. The standard InChI is InChI=1S/C12H13BrO3/c1-16-11-5-8(4-10(13)6-11)7-2-9(3-7)12(14)15/h4-7,9H,2-3H2,1H3,(H,14,15). The van der Waals surface area contributed by atoms with Gasteiger partial charge in [0, 0.05) is 4.47 Å². The van der Waals surface area contributed by atoms with Gasteiger partial charge >= 0.3 is 5.97 Å². The molecule has 1 aromatic carbocycles. The molecule has 0 aromatic heterocycles. The number of hydrogen-bond donors (Lipinski definition) is 1. The number of carbonyl (C=O) groups is 1. The zero-order chi connectivity index (χ0) is 11.7. The molecule has 0 atom stereocenters. The van der Waals surface area contributed by atoms with Crippen LogP contribution < -0.4 is 4.74 Å². The van der Waals surface area contributed by atoms with Crippen molar-refractivity contribution in [2.24, 2.45) is 5.92 Å². The monoisotopic (exact) mass is 284 g/mol. The fourth-order valence-electron chi connectivity index (χ4n) is 2.03. The highest BCUT2D eigenvalue weighted by Crippen LogP contribution is 2.43. The van der Waals surface area contributed by atoms with E-state index in [1.165, 1.54) is 0 Å². The van der Waals surface area contributed by atoms with Gasteiger partial charge in [0.15, 0.2) is 0 Å². The molecular formula is C12H13BrO3. The molecular weight excluding hydrogens is 272 g/mol. The van der Waals surface area contributed by atoms with Crippen molar-refractivity contribution in [3.05, 3.63) is 28.2 Å². The zero-order valence-corrected chi connectivity index (χ0v) is 10.5. The van der Waals surface area contributed by atoms with Crippen molar-refractivity contribution in [1.82, 2.24) is 0 Å². The van der Waals surface area contributed by atoms with Crippen LogP contribution in [0.5, 0.6) is 5.75 Å². The van der Waals surface area contributed by atoms with Gasteiger partial charge in [-0.2, -0.15) is 0 Å². The summed E-state index contributed by atoms with van der Waals surface area (Å²) in [6.07, 6.45) is 1.46. The molecule has 0 saturated heterocycles. The highest BCUT2D eigenvalue weighted by atomic mass is 79.9. The predicted octanol–water partition coefficient (Wildman–Crippen LogP) is 3.04. The number of halogens is 1. The molecule has 1 fully saturated rings. The summed E-state index contributed by atoms with van der Waals surface area (Å²) in [4.78, 5) is 10.7. The van der Waals surface area contributed by atoms with Gasteiger partial charge in [-0.25, -0.2) is 0 Å². The zero-order valence-electron chi connectivity index (χ0n) is 8.94. The summed E-state index contributed by atoms with van der Waals surface area (Å²) >= 11 is 3.42. The lowest BCUT2D eigenvalue weighted by Gasteiger charge is -2.32. The number of rotatable bonds is 3. The minimum Gasteiger partial charge on any atom is -0.497 e. The lowest BCUT2D eigenvalue weighted by molar-refractivity contribution is -0.145. The van der Waals surface area contributed by atoms with E-state index in [2.05, 4.69) is 15.9 Å². The van der Waals surface area contributed by atoms with E-state index < -0.39 is 5.97 Å². The summed E-state index contributed by atoms with van der Waals surface area (Å²) in [5.41, 5.74) is 1.16. The first-order chi connectivity index (χ1) is 7.60. The van der Waals surface area contributed by atoms with Crippen LogP contribution in [0.25, 0.3) is 0 Å².